The van der Waals surface area contributed by atoms with Crippen LogP contribution < -0.4 is 5.73 Å². The van der Waals surface area contributed by atoms with Gasteiger partial charge in [0.1, 0.15) is 0 Å². The molecule has 0 radical (unpaired) electrons. The number of rotatable bonds is 2. The summed E-state index contributed by atoms with van der Waals surface area (Å²) in [6.07, 6.45) is 2.32. The maximum atomic E-state index is 5.46. The third-order valence-electron chi connectivity index (χ3n) is 2.20. The summed E-state index contributed by atoms with van der Waals surface area (Å²) >= 11 is 0. The van der Waals surface area contributed by atoms with Gasteiger partial charge in [-0.2, -0.15) is 0 Å². The molecule has 2 rings (SSSR count). The minimum atomic E-state index is 0.165. The second-order valence-corrected chi connectivity index (χ2v) is 3.21. The molecule has 1 saturated carbocycles. The van der Waals surface area contributed by atoms with E-state index in [0.29, 0.717) is 6.54 Å². The second-order valence-electron chi connectivity index (χ2n) is 3.21. The van der Waals surface area contributed by atoms with Crippen LogP contribution >= 0.6 is 0 Å². The Hall–Kier alpha value is -0.970. The number of nitrogens with two attached hydrogens (primary N) is 1. The lowest BCUT2D eigenvalue weighted by Crippen LogP contribution is -2.19. The van der Waals surface area contributed by atoms with E-state index in [-0.39, 0.29) is 5.54 Å². The molecule has 1 aromatic heterocycles. The van der Waals surface area contributed by atoms with Gasteiger partial charge in [0.05, 0.1) is 12.1 Å². The highest BCUT2D eigenvalue weighted by Gasteiger charge is 2.42. The molecular formula is C6H11N5. The van der Waals surface area contributed by atoms with E-state index < -0.39 is 0 Å². The van der Waals surface area contributed by atoms with Gasteiger partial charge in [-0.15, -0.1) is 5.10 Å². The molecule has 1 aliphatic carbocycles. The van der Waals surface area contributed by atoms with Gasteiger partial charge in [0, 0.05) is 0 Å². The number of nitrogens with zero attached hydrogens (tertiary/aromatic N) is 4. The van der Waals surface area contributed by atoms with Gasteiger partial charge in [0.15, 0.2) is 5.82 Å². The van der Waals surface area contributed by atoms with Crippen molar-refractivity contribution >= 4 is 0 Å². The zero-order valence-electron chi connectivity index (χ0n) is 6.49. The summed E-state index contributed by atoms with van der Waals surface area (Å²) < 4.78 is 1.84. The fourth-order valence-electron chi connectivity index (χ4n) is 1.15. The molecule has 0 bridgehead atoms. The van der Waals surface area contributed by atoms with Gasteiger partial charge in [-0.3, -0.25) is 0 Å². The first-order valence-electron chi connectivity index (χ1n) is 3.74. The Bertz CT molecular complexity index is 262. The minimum Gasteiger partial charge on any atom is -0.324 e. The molecule has 0 spiro atoms. The van der Waals surface area contributed by atoms with Crippen molar-refractivity contribution in [1.29, 1.82) is 0 Å². The first-order chi connectivity index (χ1) is 5.26. The highest BCUT2D eigenvalue weighted by Crippen LogP contribution is 2.42. The van der Waals surface area contributed by atoms with Crippen molar-refractivity contribution in [2.24, 2.45) is 5.73 Å². The largest absolute Gasteiger partial charge is 0.324 e. The Kier molecular flexibility index (Phi) is 1.23. The van der Waals surface area contributed by atoms with Crippen LogP contribution in [-0.4, -0.2) is 20.2 Å². The highest BCUT2D eigenvalue weighted by atomic mass is 15.6. The first kappa shape index (κ1) is 6.72. The third-order valence-corrected chi connectivity index (χ3v) is 2.20. The van der Waals surface area contributed by atoms with E-state index in [4.69, 9.17) is 5.73 Å². The van der Waals surface area contributed by atoms with Gasteiger partial charge in [-0.1, -0.05) is 0 Å². The van der Waals surface area contributed by atoms with Crippen molar-refractivity contribution in [2.45, 2.75) is 31.8 Å². The Morgan fingerprint density at radius 2 is 2.36 bits per heavy atom. The summed E-state index contributed by atoms with van der Waals surface area (Å²) in [6.45, 7) is 2.56. The quantitative estimate of drug-likeness (QED) is 0.630. The van der Waals surface area contributed by atoms with Gasteiger partial charge in [-0.25, -0.2) is 4.68 Å². The van der Waals surface area contributed by atoms with Crippen molar-refractivity contribution in [2.75, 3.05) is 0 Å². The standard InChI is InChI=1S/C6H11N5/c1-6(2-3-6)11-5(4-7)8-9-10-11/h2-4,7H2,1H3. The Morgan fingerprint density at radius 1 is 1.64 bits per heavy atom. The van der Waals surface area contributed by atoms with Gasteiger partial charge in [0.25, 0.3) is 0 Å². The SMILES string of the molecule is CC1(n2nnnc2CN)CC1. The maximum absolute atomic E-state index is 5.46. The first-order valence-corrected chi connectivity index (χ1v) is 3.74. The topological polar surface area (TPSA) is 69.6 Å². The summed E-state index contributed by atoms with van der Waals surface area (Å²) in [7, 11) is 0. The van der Waals surface area contributed by atoms with Crippen LogP contribution in [0.25, 0.3) is 0 Å². The molecule has 5 heteroatoms. The van der Waals surface area contributed by atoms with Crippen LogP contribution in [0.3, 0.4) is 0 Å². The maximum Gasteiger partial charge on any atom is 0.165 e. The molecule has 1 aliphatic rings. The van der Waals surface area contributed by atoms with Crippen LogP contribution in [0.2, 0.25) is 0 Å². The molecule has 11 heavy (non-hydrogen) atoms. The number of hydrogen-bond donors (Lipinski definition) is 1. The van der Waals surface area contributed by atoms with Crippen molar-refractivity contribution < 1.29 is 0 Å². The third kappa shape index (κ3) is 0.920. The summed E-state index contributed by atoms with van der Waals surface area (Å²) in [6, 6.07) is 0. The van der Waals surface area contributed by atoms with E-state index in [9.17, 15) is 0 Å². The molecule has 2 N–H and O–H groups in total. The average molecular weight is 153 g/mol. The van der Waals surface area contributed by atoms with Crippen LogP contribution in [0.1, 0.15) is 25.6 Å². The predicted molar refractivity (Wildman–Crippen MR) is 38.6 cm³/mol. The van der Waals surface area contributed by atoms with Gasteiger partial charge >= 0.3 is 0 Å². The van der Waals surface area contributed by atoms with E-state index in [1.807, 2.05) is 4.68 Å². The fraction of sp³-hybridized carbons (Fsp3) is 0.833. The van der Waals surface area contributed by atoms with E-state index >= 15 is 0 Å². The smallest absolute Gasteiger partial charge is 0.165 e. The average Bonchev–Trinajstić information content (AvgIpc) is 2.61. The number of aromatic nitrogens is 4. The van der Waals surface area contributed by atoms with E-state index in [0.717, 1.165) is 18.7 Å². The highest BCUT2D eigenvalue weighted by molar-refractivity contribution is 4.98. The fourth-order valence-corrected chi connectivity index (χ4v) is 1.15. The molecule has 60 valence electrons. The van der Waals surface area contributed by atoms with Crippen LogP contribution in [0.15, 0.2) is 0 Å². The summed E-state index contributed by atoms with van der Waals surface area (Å²) in [5.41, 5.74) is 5.62. The van der Waals surface area contributed by atoms with Crippen molar-refractivity contribution in [3.63, 3.8) is 0 Å². The van der Waals surface area contributed by atoms with Gasteiger partial charge < -0.3 is 5.73 Å². The molecule has 0 atom stereocenters. The normalized spacial score (nSPS) is 20.2. The summed E-state index contributed by atoms with van der Waals surface area (Å²) in [5, 5.41) is 11.3. The minimum absolute atomic E-state index is 0.165. The molecule has 0 saturated heterocycles. The zero-order valence-corrected chi connectivity index (χ0v) is 6.49. The van der Waals surface area contributed by atoms with Crippen LogP contribution in [0.4, 0.5) is 0 Å². The molecule has 0 aromatic carbocycles. The lowest BCUT2D eigenvalue weighted by Gasteiger charge is -2.08. The summed E-state index contributed by atoms with van der Waals surface area (Å²) in [4.78, 5) is 0. The Morgan fingerprint density at radius 3 is 2.91 bits per heavy atom. The zero-order chi connectivity index (χ0) is 7.90. The molecule has 1 aromatic rings. The van der Waals surface area contributed by atoms with E-state index in [1.54, 1.807) is 0 Å². The van der Waals surface area contributed by atoms with Crippen LogP contribution in [0.5, 0.6) is 0 Å². The van der Waals surface area contributed by atoms with Gasteiger partial charge in [-0.05, 0) is 30.2 Å². The molecule has 0 unspecified atom stereocenters. The van der Waals surface area contributed by atoms with E-state index in [1.165, 1.54) is 0 Å². The van der Waals surface area contributed by atoms with Crippen molar-refractivity contribution in [1.82, 2.24) is 20.2 Å². The Balaban J connectivity index is 2.36. The number of tetrazole rings is 1. The van der Waals surface area contributed by atoms with Crippen LogP contribution in [-0.2, 0) is 12.1 Å². The second kappa shape index (κ2) is 2.01. The molecule has 0 aliphatic heterocycles. The molecule has 1 fully saturated rings. The molecule has 5 nitrogen and oxygen atoms in total. The predicted octanol–water partition coefficient (Wildman–Crippen LogP) is -0.359. The lowest BCUT2D eigenvalue weighted by atomic mass is 10.3. The molecular weight excluding hydrogens is 142 g/mol. The lowest BCUT2D eigenvalue weighted by molar-refractivity contribution is 0.441. The Labute approximate surface area is 64.6 Å². The van der Waals surface area contributed by atoms with E-state index in [2.05, 4.69) is 22.4 Å². The monoisotopic (exact) mass is 153 g/mol. The molecule has 0 amide bonds. The van der Waals surface area contributed by atoms with Crippen LogP contribution in [0, 0.1) is 0 Å². The van der Waals surface area contributed by atoms with Crippen molar-refractivity contribution in [3.8, 4) is 0 Å². The summed E-state index contributed by atoms with van der Waals surface area (Å²) in [5.74, 6) is 0.782. The van der Waals surface area contributed by atoms with Crippen molar-refractivity contribution in [3.05, 3.63) is 5.82 Å². The van der Waals surface area contributed by atoms with Gasteiger partial charge in [0.2, 0.25) is 0 Å². The number of hydrogen-bond acceptors (Lipinski definition) is 4. The molecule has 1 heterocycles.